The van der Waals surface area contributed by atoms with E-state index in [1.807, 2.05) is 24.3 Å². The van der Waals surface area contributed by atoms with E-state index in [1.165, 1.54) is 0 Å². The highest BCUT2D eigenvalue weighted by atomic mass is 35.5. The summed E-state index contributed by atoms with van der Waals surface area (Å²) in [4.78, 5) is 44.0. The van der Waals surface area contributed by atoms with Crippen LogP contribution in [0, 0.1) is 5.92 Å². The minimum atomic E-state index is -1.87. The zero-order chi connectivity index (χ0) is 28.4. The first kappa shape index (κ1) is 28.3. The predicted octanol–water partition coefficient (Wildman–Crippen LogP) is 2.58. The summed E-state index contributed by atoms with van der Waals surface area (Å²) in [7, 11) is 0. The number of amides is 3. The van der Waals surface area contributed by atoms with Gasteiger partial charge in [0.05, 0.1) is 31.4 Å². The molecule has 3 amide bonds. The predicted molar refractivity (Wildman–Crippen MR) is 153 cm³/mol. The molecule has 40 heavy (non-hydrogen) atoms. The van der Waals surface area contributed by atoms with Crippen LogP contribution >= 0.6 is 11.6 Å². The summed E-state index contributed by atoms with van der Waals surface area (Å²) in [5.74, 6) is -1.22. The van der Waals surface area contributed by atoms with Crippen LogP contribution in [0.2, 0.25) is 5.02 Å². The maximum Gasteiger partial charge on any atom is 0.264 e. The number of benzene rings is 2. The number of hydrogen-bond acceptors (Lipinski definition) is 6. The van der Waals surface area contributed by atoms with Crippen molar-refractivity contribution in [1.82, 2.24) is 10.2 Å². The third kappa shape index (κ3) is 5.26. The number of piperazine rings is 1. The molecule has 3 aliphatic heterocycles. The van der Waals surface area contributed by atoms with Gasteiger partial charge in [-0.2, -0.15) is 0 Å². The van der Waals surface area contributed by atoms with Gasteiger partial charge in [-0.25, -0.2) is 0 Å². The molecule has 3 N–H and O–H groups in total. The van der Waals surface area contributed by atoms with E-state index in [0.717, 1.165) is 24.1 Å². The fourth-order valence-corrected chi connectivity index (χ4v) is 6.12. The molecular formula is C30H35ClN4O5. The van der Waals surface area contributed by atoms with Crippen molar-refractivity contribution >= 4 is 40.7 Å². The van der Waals surface area contributed by atoms with Gasteiger partial charge in [0.15, 0.2) is 5.60 Å². The molecule has 0 saturated carbocycles. The molecule has 3 heterocycles. The van der Waals surface area contributed by atoms with Crippen molar-refractivity contribution in [2.45, 2.75) is 44.4 Å². The minimum absolute atomic E-state index is 0.00859. The summed E-state index contributed by atoms with van der Waals surface area (Å²) in [5.41, 5.74) is 0.707. The monoisotopic (exact) mass is 566 g/mol. The molecule has 0 unspecified atom stereocenters. The fourth-order valence-electron chi connectivity index (χ4n) is 5.94. The smallest absolute Gasteiger partial charge is 0.264 e. The van der Waals surface area contributed by atoms with Crippen LogP contribution in [0.3, 0.4) is 0 Å². The second kappa shape index (κ2) is 11.7. The number of fused-ring (bicyclic) bond motifs is 1. The Kier molecular flexibility index (Phi) is 8.28. The zero-order valence-corrected chi connectivity index (χ0v) is 23.3. The molecule has 0 aliphatic carbocycles. The highest BCUT2D eigenvalue weighted by Crippen LogP contribution is 2.46. The molecule has 2 aromatic rings. The number of nitrogens with one attached hydrogen (secondary N) is 1. The Morgan fingerprint density at radius 1 is 1.23 bits per heavy atom. The Morgan fingerprint density at radius 2 is 2.05 bits per heavy atom. The molecular weight excluding hydrogens is 532 g/mol. The molecule has 212 valence electrons. The van der Waals surface area contributed by atoms with Gasteiger partial charge in [-0.15, -0.1) is 0 Å². The molecule has 2 fully saturated rings. The molecule has 2 aromatic carbocycles. The van der Waals surface area contributed by atoms with Crippen LogP contribution in [0.25, 0.3) is 0 Å². The quantitative estimate of drug-likeness (QED) is 0.423. The lowest BCUT2D eigenvalue weighted by Gasteiger charge is -2.29. The summed E-state index contributed by atoms with van der Waals surface area (Å²) < 4.78 is 0. The maximum absolute atomic E-state index is 13.9. The highest BCUT2D eigenvalue weighted by molar-refractivity contribution is 6.31. The first-order valence-electron chi connectivity index (χ1n) is 13.8. The number of carbonyl (C=O) groups excluding carboxylic acids is 3. The molecule has 10 heteroatoms. The van der Waals surface area contributed by atoms with Crippen LogP contribution in [-0.4, -0.2) is 71.7 Å². The van der Waals surface area contributed by atoms with Crippen LogP contribution in [0.4, 0.5) is 11.4 Å². The average molecular weight is 567 g/mol. The number of aliphatic hydroxyl groups is 2. The molecule has 0 radical (unpaired) electrons. The standard InChI is InChI=1S/C30H35ClN4O5/c1-20(5-2-9-27(37)33-13-4-8-24(33)19-36)30(40)25-16-22(31)10-11-26(25)35(29(30)39)18-21-6-3-7-23(15-21)34-14-12-32-17-28(34)38/h2-3,5-7,10-11,15-16,20,24,32,36,40H,4,8-9,12-14,17-19H2,1H3/b5-2+/t20-,24-,30+/m0/s1. The number of carbonyl (C=O) groups is 3. The van der Waals surface area contributed by atoms with Crippen molar-refractivity contribution in [1.29, 1.82) is 0 Å². The second-order valence-corrected chi connectivity index (χ2v) is 11.1. The van der Waals surface area contributed by atoms with Gasteiger partial charge >= 0.3 is 0 Å². The summed E-state index contributed by atoms with van der Waals surface area (Å²) in [5, 5.41) is 24.9. The fraction of sp³-hybridized carbons (Fsp3) is 0.433. The van der Waals surface area contributed by atoms with Crippen LogP contribution in [0.1, 0.15) is 37.3 Å². The number of halogens is 1. The maximum atomic E-state index is 13.9. The highest BCUT2D eigenvalue weighted by Gasteiger charge is 2.52. The Labute approximate surface area is 239 Å². The van der Waals surface area contributed by atoms with Crippen molar-refractivity contribution < 1.29 is 24.6 Å². The molecule has 0 bridgehead atoms. The topological polar surface area (TPSA) is 113 Å². The third-order valence-corrected chi connectivity index (χ3v) is 8.40. The van der Waals surface area contributed by atoms with E-state index < -0.39 is 17.4 Å². The number of rotatable bonds is 8. The van der Waals surface area contributed by atoms with Gasteiger partial charge in [0.2, 0.25) is 11.8 Å². The summed E-state index contributed by atoms with van der Waals surface area (Å²) in [6, 6.07) is 12.4. The van der Waals surface area contributed by atoms with Crippen molar-refractivity contribution in [2.24, 2.45) is 5.92 Å². The summed E-state index contributed by atoms with van der Waals surface area (Å²) >= 11 is 6.31. The van der Waals surface area contributed by atoms with Crippen molar-refractivity contribution in [3.8, 4) is 0 Å². The van der Waals surface area contributed by atoms with Crippen molar-refractivity contribution in [3.63, 3.8) is 0 Å². The Hall–Kier alpha value is -3.24. The summed E-state index contributed by atoms with van der Waals surface area (Å²) in [6.07, 6.45) is 5.16. The van der Waals surface area contributed by atoms with Crippen molar-refractivity contribution in [2.75, 3.05) is 42.6 Å². The number of aliphatic hydroxyl groups excluding tert-OH is 1. The lowest BCUT2D eigenvalue weighted by molar-refractivity contribution is -0.139. The number of likely N-dealkylation sites (tertiary alicyclic amines) is 1. The van der Waals surface area contributed by atoms with Gasteiger partial charge in [-0.3, -0.25) is 14.4 Å². The van der Waals surface area contributed by atoms with Gasteiger partial charge in [-0.1, -0.05) is 42.8 Å². The molecule has 2 saturated heterocycles. The normalized spacial score (nSPS) is 23.8. The third-order valence-electron chi connectivity index (χ3n) is 8.17. The Morgan fingerprint density at radius 3 is 2.83 bits per heavy atom. The van der Waals surface area contributed by atoms with Gasteiger partial charge in [0.25, 0.3) is 5.91 Å². The van der Waals surface area contributed by atoms with Gasteiger partial charge < -0.3 is 30.2 Å². The first-order valence-corrected chi connectivity index (χ1v) is 14.1. The average Bonchev–Trinajstić information content (AvgIpc) is 3.51. The van der Waals surface area contributed by atoms with E-state index in [0.29, 0.717) is 35.9 Å². The Balaban J connectivity index is 1.36. The lowest BCUT2D eigenvalue weighted by atomic mass is 9.83. The van der Waals surface area contributed by atoms with Crippen LogP contribution < -0.4 is 15.1 Å². The van der Waals surface area contributed by atoms with Crippen molar-refractivity contribution in [3.05, 3.63) is 70.8 Å². The van der Waals surface area contributed by atoms with E-state index in [9.17, 15) is 24.6 Å². The molecule has 0 aromatic heterocycles. The van der Waals surface area contributed by atoms with Crippen LogP contribution in [0.15, 0.2) is 54.6 Å². The van der Waals surface area contributed by atoms with E-state index >= 15 is 0 Å². The zero-order valence-electron chi connectivity index (χ0n) is 22.6. The second-order valence-electron chi connectivity index (χ2n) is 10.7. The van der Waals surface area contributed by atoms with E-state index in [-0.39, 0.29) is 44.0 Å². The minimum Gasteiger partial charge on any atom is -0.394 e. The Bertz CT molecular complexity index is 1330. The van der Waals surface area contributed by atoms with Gasteiger partial charge in [-0.05, 0) is 48.7 Å². The molecule has 0 spiro atoms. The van der Waals surface area contributed by atoms with E-state index in [1.54, 1.807) is 52.0 Å². The first-order chi connectivity index (χ1) is 19.2. The number of anilines is 2. The van der Waals surface area contributed by atoms with Gasteiger partial charge in [0.1, 0.15) is 0 Å². The molecule has 3 aliphatic rings. The lowest BCUT2D eigenvalue weighted by Crippen LogP contribution is -2.48. The molecule has 3 atom stereocenters. The molecule has 5 rings (SSSR count). The number of nitrogens with zero attached hydrogens (tertiary/aromatic N) is 3. The SMILES string of the molecule is C[C@@H](/C=C/CC(=O)N1CCC[C@H]1CO)[C@]1(O)C(=O)N(Cc2cccc(N3CCNCC3=O)c2)c2ccc(Cl)cc21. The van der Waals surface area contributed by atoms with E-state index in [4.69, 9.17) is 11.6 Å². The summed E-state index contributed by atoms with van der Waals surface area (Å²) in [6.45, 7) is 4.08. The van der Waals surface area contributed by atoms with Crippen LogP contribution in [0.5, 0.6) is 0 Å². The number of hydrogen-bond donors (Lipinski definition) is 3. The van der Waals surface area contributed by atoms with Crippen LogP contribution in [-0.2, 0) is 26.5 Å². The largest absolute Gasteiger partial charge is 0.394 e. The van der Waals surface area contributed by atoms with E-state index in [2.05, 4.69) is 5.32 Å². The molecule has 9 nitrogen and oxygen atoms in total. The van der Waals surface area contributed by atoms with Gasteiger partial charge in [0, 0.05) is 48.2 Å².